The molecule has 0 aliphatic carbocycles. The van der Waals surface area contributed by atoms with Crippen molar-refractivity contribution in [1.29, 1.82) is 0 Å². The molecule has 1 N–H and O–H groups in total. The van der Waals surface area contributed by atoms with E-state index in [9.17, 15) is 13.2 Å². The van der Waals surface area contributed by atoms with E-state index in [1.54, 1.807) is 0 Å². The molecule has 0 aliphatic rings. The third kappa shape index (κ3) is 4.19. The highest BCUT2D eigenvalue weighted by molar-refractivity contribution is 7.89. The highest BCUT2D eigenvalue weighted by Crippen LogP contribution is 2.27. The molecule has 3 rings (SSSR count). The summed E-state index contributed by atoms with van der Waals surface area (Å²) in [5, 5.41) is 5.01. The van der Waals surface area contributed by atoms with Crippen molar-refractivity contribution in [3.05, 3.63) is 64.5 Å². The Morgan fingerprint density at radius 3 is 2.52 bits per heavy atom. The molecule has 0 bridgehead atoms. The summed E-state index contributed by atoms with van der Waals surface area (Å²) in [6, 6.07) is 13.7. The second-order valence-electron chi connectivity index (χ2n) is 5.79. The zero-order chi connectivity index (χ0) is 19.6. The molecule has 3 aromatic rings. The highest BCUT2D eigenvalue weighted by Gasteiger charge is 2.22. The molecule has 2 aromatic carbocycles. The SMILES string of the molecule is CN(C)S(=O)(=O)c1cc(C(=O)Nc2nc(-c3ccccc3)cs2)ccc1Cl. The number of hydrogen-bond donors (Lipinski definition) is 1. The summed E-state index contributed by atoms with van der Waals surface area (Å²) in [5.74, 6) is -0.462. The first-order valence-electron chi connectivity index (χ1n) is 7.83. The van der Waals surface area contributed by atoms with Crippen LogP contribution in [-0.4, -0.2) is 37.7 Å². The third-order valence-electron chi connectivity index (χ3n) is 3.75. The molecule has 27 heavy (non-hydrogen) atoms. The largest absolute Gasteiger partial charge is 0.298 e. The Morgan fingerprint density at radius 1 is 1.15 bits per heavy atom. The lowest BCUT2D eigenvalue weighted by molar-refractivity contribution is 0.102. The Kier molecular flexibility index (Phi) is 5.61. The average Bonchev–Trinajstić information content (AvgIpc) is 3.11. The molecule has 0 atom stereocenters. The minimum Gasteiger partial charge on any atom is -0.298 e. The van der Waals surface area contributed by atoms with E-state index in [0.717, 1.165) is 15.6 Å². The standard InChI is InChI=1S/C18H16ClN3O3S2/c1-22(2)27(24,25)16-10-13(8-9-14(16)19)17(23)21-18-20-15(11-26-18)12-6-4-3-5-7-12/h3-11H,1-2H3,(H,20,21,23). The van der Waals surface area contributed by atoms with Crippen LogP contribution in [0.25, 0.3) is 11.3 Å². The van der Waals surface area contributed by atoms with Gasteiger partial charge in [-0.1, -0.05) is 41.9 Å². The van der Waals surface area contributed by atoms with Gasteiger partial charge in [-0.05, 0) is 18.2 Å². The van der Waals surface area contributed by atoms with Gasteiger partial charge in [0.1, 0.15) is 4.90 Å². The van der Waals surface area contributed by atoms with E-state index in [4.69, 9.17) is 11.6 Å². The van der Waals surface area contributed by atoms with Gasteiger partial charge in [0.15, 0.2) is 5.13 Å². The molecule has 0 aliphatic heterocycles. The Hall–Kier alpha value is -2.26. The van der Waals surface area contributed by atoms with Crippen molar-refractivity contribution in [2.45, 2.75) is 4.90 Å². The van der Waals surface area contributed by atoms with Gasteiger partial charge in [-0.2, -0.15) is 0 Å². The molecule has 6 nitrogen and oxygen atoms in total. The predicted octanol–water partition coefficient (Wildman–Crippen LogP) is 3.97. The van der Waals surface area contributed by atoms with Crippen molar-refractivity contribution in [3.63, 3.8) is 0 Å². The van der Waals surface area contributed by atoms with Gasteiger partial charge in [0.05, 0.1) is 10.7 Å². The molecular weight excluding hydrogens is 406 g/mol. The monoisotopic (exact) mass is 421 g/mol. The van der Waals surface area contributed by atoms with Crippen LogP contribution in [0.15, 0.2) is 58.8 Å². The van der Waals surface area contributed by atoms with Crippen molar-refractivity contribution in [2.75, 3.05) is 19.4 Å². The van der Waals surface area contributed by atoms with Gasteiger partial charge < -0.3 is 0 Å². The number of hydrogen-bond acceptors (Lipinski definition) is 5. The topological polar surface area (TPSA) is 79.4 Å². The molecule has 1 aromatic heterocycles. The minimum atomic E-state index is -3.76. The van der Waals surface area contributed by atoms with Crippen molar-refractivity contribution in [3.8, 4) is 11.3 Å². The number of halogens is 1. The van der Waals surface area contributed by atoms with Crippen LogP contribution in [0.1, 0.15) is 10.4 Å². The van der Waals surface area contributed by atoms with Gasteiger partial charge in [-0.15, -0.1) is 11.3 Å². The van der Waals surface area contributed by atoms with Gasteiger partial charge in [0.2, 0.25) is 10.0 Å². The van der Waals surface area contributed by atoms with Crippen molar-refractivity contribution < 1.29 is 13.2 Å². The zero-order valence-electron chi connectivity index (χ0n) is 14.5. The molecule has 1 amide bonds. The fourth-order valence-electron chi connectivity index (χ4n) is 2.28. The second kappa shape index (κ2) is 7.77. The van der Waals surface area contributed by atoms with E-state index in [0.29, 0.717) is 5.13 Å². The Labute approximate surface area is 166 Å². The highest BCUT2D eigenvalue weighted by atomic mass is 35.5. The molecule has 0 saturated heterocycles. The number of benzene rings is 2. The quantitative estimate of drug-likeness (QED) is 0.676. The molecule has 9 heteroatoms. The van der Waals surface area contributed by atoms with Crippen LogP contribution >= 0.6 is 22.9 Å². The van der Waals surface area contributed by atoms with E-state index >= 15 is 0 Å². The first-order valence-corrected chi connectivity index (χ1v) is 10.5. The molecule has 1 heterocycles. The second-order valence-corrected chi connectivity index (χ2v) is 9.18. The van der Waals surface area contributed by atoms with E-state index in [1.807, 2.05) is 35.7 Å². The number of aromatic nitrogens is 1. The van der Waals surface area contributed by atoms with Crippen molar-refractivity contribution in [1.82, 2.24) is 9.29 Å². The Balaban J connectivity index is 1.84. The van der Waals surface area contributed by atoms with Crippen LogP contribution in [-0.2, 0) is 10.0 Å². The lowest BCUT2D eigenvalue weighted by Crippen LogP contribution is -2.23. The van der Waals surface area contributed by atoms with Crippen LogP contribution in [0.3, 0.4) is 0 Å². The summed E-state index contributed by atoms with van der Waals surface area (Å²) in [4.78, 5) is 16.8. The van der Waals surface area contributed by atoms with Gasteiger partial charge in [-0.3, -0.25) is 10.1 Å². The average molecular weight is 422 g/mol. The van der Waals surface area contributed by atoms with Crippen molar-refractivity contribution in [2.24, 2.45) is 0 Å². The fourth-order valence-corrected chi connectivity index (χ4v) is 4.39. The normalized spacial score (nSPS) is 11.6. The van der Waals surface area contributed by atoms with E-state index in [1.165, 1.54) is 43.6 Å². The number of carbonyl (C=O) groups excluding carboxylic acids is 1. The number of carbonyl (C=O) groups is 1. The first-order chi connectivity index (χ1) is 12.8. The molecule has 0 saturated carbocycles. The third-order valence-corrected chi connectivity index (χ3v) is 6.80. The van der Waals surface area contributed by atoms with E-state index in [-0.39, 0.29) is 15.5 Å². The number of anilines is 1. The molecule has 0 fully saturated rings. The lowest BCUT2D eigenvalue weighted by Gasteiger charge is -2.13. The number of sulfonamides is 1. The number of amides is 1. The maximum atomic E-state index is 12.5. The van der Waals surface area contributed by atoms with Crippen molar-refractivity contribution >= 4 is 44.0 Å². The van der Waals surface area contributed by atoms with Gasteiger partial charge in [0, 0.05) is 30.6 Å². The van der Waals surface area contributed by atoms with Crippen LogP contribution in [0.4, 0.5) is 5.13 Å². The summed E-state index contributed by atoms with van der Waals surface area (Å²) >= 11 is 7.30. The Morgan fingerprint density at radius 2 is 1.85 bits per heavy atom. The number of nitrogens with one attached hydrogen (secondary N) is 1. The number of thiazole rings is 1. The molecule has 0 spiro atoms. The smallest absolute Gasteiger partial charge is 0.257 e. The summed E-state index contributed by atoms with van der Waals surface area (Å²) in [5.41, 5.74) is 1.87. The number of rotatable bonds is 5. The summed E-state index contributed by atoms with van der Waals surface area (Å²) in [6.07, 6.45) is 0. The van der Waals surface area contributed by atoms with Gasteiger partial charge >= 0.3 is 0 Å². The van der Waals surface area contributed by atoms with Gasteiger partial charge in [-0.25, -0.2) is 17.7 Å². The molecular formula is C18H16ClN3O3S2. The number of nitrogens with zero attached hydrogens (tertiary/aromatic N) is 2. The summed E-state index contributed by atoms with van der Waals surface area (Å²) < 4.78 is 25.7. The van der Waals surface area contributed by atoms with E-state index < -0.39 is 15.9 Å². The Bertz CT molecular complexity index is 1080. The maximum Gasteiger partial charge on any atom is 0.257 e. The van der Waals surface area contributed by atoms with Crippen LogP contribution < -0.4 is 5.32 Å². The molecule has 0 radical (unpaired) electrons. The maximum absolute atomic E-state index is 12.5. The van der Waals surface area contributed by atoms with Crippen LogP contribution in [0.2, 0.25) is 5.02 Å². The van der Waals surface area contributed by atoms with Crippen LogP contribution in [0, 0.1) is 0 Å². The lowest BCUT2D eigenvalue weighted by atomic mass is 10.2. The van der Waals surface area contributed by atoms with Crippen LogP contribution in [0.5, 0.6) is 0 Å². The summed E-state index contributed by atoms with van der Waals surface area (Å²) in [7, 11) is -0.956. The molecule has 0 unspecified atom stereocenters. The predicted molar refractivity (Wildman–Crippen MR) is 108 cm³/mol. The van der Waals surface area contributed by atoms with Gasteiger partial charge in [0.25, 0.3) is 5.91 Å². The summed E-state index contributed by atoms with van der Waals surface area (Å²) in [6.45, 7) is 0. The minimum absolute atomic E-state index is 0.0564. The first kappa shape index (κ1) is 19.5. The fraction of sp³-hybridized carbons (Fsp3) is 0.111. The molecule has 140 valence electrons. The zero-order valence-corrected chi connectivity index (χ0v) is 16.9. The van der Waals surface area contributed by atoms with E-state index in [2.05, 4.69) is 10.3 Å².